The lowest BCUT2D eigenvalue weighted by molar-refractivity contribution is -0.704. The summed E-state index contributed by atoms with van der Waals surface area (Å²) in [6.07, 6.45) is 19.3. The van der Waals surface area contributed by atoms with Crippen LogP contribution < -0.4 is 38.2 Å². The van der Waals surface area contributed by atoms with Crippen molar-refractivity contribution in [1.82, 2.24) is 0 Å². The Bertz CT molecular complexity index is 970. The minimum Gasteiger partial charge on any atom is -1.00 e. The molecular formula is C35H57IN2O2. The van der Waals surface area contributed by atoms with Crippen LogP contribution in [-0.2, 0) is 23.3 Å². The molecule has 0 N–H and O–H groups in total. The summed E-state index contributed by atoms with van der Waals surface area (Å²) < 4.78 is 8.56. The van der Waals surface area contributed by atoms with Crippen LogP contribution in [-0.4, -0.2) is 12.5 Å². The Hall–Kier alpha value is -1.63. The third-order valence-corrected chi connectivity index (χ3v) is 7.54. The fourth-order valence-electron chi connectivity index (χ4n) is 5.18. The standard InChI is InChI=1S/C35H57N2O2.HI/c1-7-9-10-11-12-13-14-15-16-17-18-21-27-39-34-24-23-31(28-33(34)35(4,5)6)37(30(3)38)29-32-22-19-20-26-36(32)25-8-2;/h19-20,22-24,26,28H,7-18,21,25,27,29H2,1-6H3;1H/q+1;/p-1. The number of ether oxygens (including phenoxy) is 1. The first-order valence-electron chi connectivity index (χ1n) is 15.8. The van der Waals surface area contributed by atoms with Gasteiger partial charge in [-0.1, -0.05) is 111 Å². The van der Waals surface area contributed by atoms with Gasteiger partial charge >= 0.3 is 0 Å². The van der Waals surface area contributed by atoms with Gasteiger partial charge in [0, 0.05) is 36.7 Å². The lowest BCUT2D eigenvalue weighted by atomic mass is 9.86. The maximum Gasteiger partial charge on any atom is 0.224 e. The number of hydrogen-bond donors (Lipinski definition) is 0. The molecule has 4 nitrogen and oxygen atoms in total. The number of anilines is 1. The van der Waals surface area contributed by atoms with E-state index in [-0.39, 0.29) is 35.3 Å². The minimum absolute atomic E-state index is 0. The van der Waals surface area contributed by atoms with E-state index in [0.717, 1.165) is 48.7 Å². The second-order valence-electron chi connectivity index (χ2n) is 12.2. The Morgan fingerprint density at radius 1 is 0.825 bits per heavy atom. The number of amides is 1. The molecule has 0 saturated heterocycles. The van der Waals surface area contributed by atoms with Gasteiger partial charge < -0.3 is 33.6 Å². The molecular weight excluding hydrogens is 607 g/mol. The first kappa shape index (κ1) is 36.4. The number of halogens is 1. The summed E-state index contributed by atoms with van der Waals surface area (Å²) in [4.78, 5) is 14.6. The number of benzene rings is 1. The number of hydrogen-bond acceptors (Lipinski definition) is 2. The summed E-state index contributed by atoms with van der Waals surface area (Å²) >= 11 is 0. The fourth-order valence-corrected chi connectivity index (χ4v) is 5.18. The Balaban J connectivity index is 0.00000800. The summed E-state index contributed by atoms with van der Waals surface area (Å²) in [5.74, 6) is 0.991. The fraction of sp³-hybridized carbons (Fsp3) is 0.657. The van der Waals surface area contributed by atoms with Crippen LogP contribution >= 0.6 is 0 Å². The Morgan fingerprint density at radius 2 is 1.43 bits per heavy atom. The van der Waals surface area contributed by atoms with E-state index in [1.165, 1.54) is 70.6 Å². The maximum absolute atomic E-state index is 12.8. The molecule has 0 radical (unpaired) electrons. The largest absolute Gasteiger partial charge is 1.00 e. The molecule has 0 aliphatic carbocycles. The number of carbonyl (C=O) groups is 1. The maximum atomic E-state index is 12.8. The van der Waals surface area contributed by atoms with E-state index < -0.39 is 0 Å². The van der Waals surface area contributed by atoms with Crippen molar-refractivity contribution in [2.75, 3.05) is 11.5 Å². The van der Waals surface area contributed by atoms with Crippen LogP contribution in [0.2, 0.25) is 0 Å². The van der Waals surface area contributed by atoms with Crippen LogP contribution in [0.25, 0.3) is 0 Å². The molecule has 1 amide bonds. The van der Waals surface area contributed by atoms with Gasteiger partial charge in [-0.2, -0.15) is 0 Å². The highest BCUT2D eigenvalue weighted by molar-refractivity contribution is 5.91. The second kappa shape index (κ2) is 20.3. The zero-order valence-electron chi connectivity index (χ0n) is 26.4. The van der Waals surface area contributed by atoms with Gasteiger partial charge in [-0.3, -0.25) is 4.79 Å². The highest BCUT2D eigenvalue weighted by Gasteiger charge is 2.24. The van der Waals surface area contributed by atoms with Gasteiger partial charge in [0.2, 0.25) is 11.6 Å². The molecule has 226 valence electrons. The van der Waals surface area contributed by atoms with Crippen LogP contribution in [0, 0.1) is 0 Å². The van der Waals surface area contributed by atoms with Crippen molar-refractivity contribution in [2.45, 2.75) is 144 Å². The van der Waals surface area contributed by atoms with Crippen molar-refractivity contribution >= 4 is 11.6 Å². The molecule has 1 heterocycles. The Morgan fingerprint density at radius 3 is 1.98 bits per heavy atom. The van der Waals surface area contributed by atoms with E-state index in [9.17, 15) is 4.79 Å². The molecule has 5 heteroatoms. The lowest BCUT2D eigenvalue weighted by Crippen LogP contribution is -3.00. The van der Waals surface area contributed by atoms with Crippen molar-refractivity contribution in [2.24, 2.45) is 0 Å². The van der Waals surface area contributed by atoms with E-state index in [4.69, 9.17) is 4.74 Å². The quantitative estimate of drug-likeness (QED) is 0.100. The predicted octanol–water partition coefficient (Wildman–Crippen LogP) is 6.32. The molecule has 0 saturated carbocycles. The summed E-state index contributed by atoms with van der Waals surface area (Å²) in [5.41, 5.74) is 3.13. The highest BCUT2D eigenvalue weighted by atomic mass is 127. The van der Waals surface area contributed by atoms with E-state index in [1.54, 1.807) is 6.92 Å². The smallest absolute Gasteiger partial charge is 0.224 e. The summed E-state index contributed by atoms with van der Waals surface area (Å²) in [7, 11) is 0. The third kappa shape index (κ3) is 13.4. The monoisotopic (exact) mass is 664 g/mol. The number of aromatic nitrogens is 1. The highest BCUT2D eigenvalue weighted by Crippen LogP contribution is 2.35. The van der Waals surface area contributed by atoms with Crippen molar-refractivity contribution in [3.05, 3.63) is 53.9 Å². The van der Waals surface area contributed by atoms with E-state index in [1.807, 2.05) is 17.0 Å². The van der Waals surface area contributed by atoms with Crippen LogP contribution in [0.1, 0.15) is 136 Å². The van der Waals surface area contributed by atoms with Gasteiger partial charge in [0.1, 0.15) is 18.8 Å². The average Bonchev–Trinajstić information content (AvgIpc) is 2.90. The molecule has 0 fully saturated rings. The Labute approximate surface area is 263 Å². The molecule has 0 atom stereocenters. The van der Waals surface area contributed by atoms with Gasteiger partial charge in [0.05, 0.1) is 6.61 Å². The second-order valence-corrected chi connectivity index (χ2v) is 12.2. The molecule has 2 rings (SSSR count). The lowest BCUT2D eigenvalue weighted by Gasteiger charge is -2.27. The van der Waals surface area contributed by atoms with Gasteiger partial charge in [0.15, 0.2) is 6.20 Å². The molecule has 40 heavy (non-hydrogen) atoms. The zero-order chi connectivity index (χ0) is 28.5. The van der Waals surface area contributed by atoms with Crippen LogP contribution in [0.5, 0.6) is 5.75 Å². The third-order valence-electron chi connectivity index (χ3n) is 7.54. The van der Waals surface area contributed by atoms with Gasteiger partial charge in [-0.15, -0.1) is 0 Å². The molecule has 1 aromatic heterocycles. The normalized spacial score (nSPS) is 11.2. The predicted molar refractivity (Wildman–Crippen MR) is 166 cm³/mol. The molecule has 0 unspecified atom stereocenters. The summed E-state index contributed by atoms with van der Waals surface area (Å²) in [6, 6.07) is 12.5. The number of unbranched alkanes of at least 4 members (excludes halogenated alkanes) is 11. The van der Waals surface area contributed by atoms with E-state index in [2.05, 4.69) is 69.6 Å². The number of carbonyl (C=O) groups excluding carboxylic acids is 1. The first-order valence-corrected chi connectivity index (χ1v) is 15.8. The van der Waals surface area contributed by atoms with Crippen molar-refractivity contribution in [3.8, 4) is 5.75 Å². The van der Waals surface area contributed by atoms with Crippen LogP contribution in [0.4, 0.5) is 5.69 Å². The molecule has 0 aliphatic rings. The number of pyridine rings is 1. The van der Waals surface area contributed by atoms with E-state index in [0.29, 0.717) is 6.54 Å². The van der Waals surface area contributed by atoms with Crippen molar-refractivity contribution in [1.29, 1.82) is 0 Å². The summed E-state index contributed by atoms with van der Waals surface area (Å²) in [6.45, 7) is 15.0. The topological polar surface area (TPSA) is 33.4 Å². The molecule has 0 aliphatic heterocycles. The average molecular weight is 665 g/mol. The zero-order valence-corrected chi connectivity index (χ0v) is 28.6. The van der Waals surface area contributed by atoms with Gasteiger partial charge in [-0.25, -0.2) is 4.57 Å². The molecule has 2 aromatic rings. The van der Waals surface area contributed by atoms with Crippen LogP contribution in [0.3, 0.4) is 0 Å². The molecule has 0 bridgehead atoms. The van der Waals surface area contributed by atoms with Crippen molar-refractivity contribution < 1.29 is 38.1 Å². The number of nitrogens with zero attached hydrogens (tertiary/aromatic N) is 2. The minimum atomic E-state index is -0.0841. The van der Waals surface area contributed by atoms with E-state index >= 15 is 0 Å². The Kier molecular flexibility index (Phi) is 18.5. The van der Waals surface area contributed by atoms with Gasteiger partial charge in [0.25, 0.3) is 0 Å². The summed E-state index contributed by atoms with van der Waals surface area (Å²) in [5, 5.41) is 0. The molecule has 0 spiro atoms. The SMILES string of the molecule is CCCCCCCCCCCCCCOc1ccc(N(Cc2cccc[n+]2CCC)C(C)=O)cc1C(C)(C)C.[I-]. The van der Waals surface area contributed by atoms with Crippen LogP contribution in [0.15, 0.2) is 42.6 Å². The number of rotatable bonds is 19. The molecule has 1 aromatic carbocycles. The number of aryl methyl sites for hydroxylation is 1. The van der Waals surface area contributed by atoms with Crippen molar-refractivity contribution in [3.63, 3.8) is 0 Å². The van der Waals surface area contributed by atoms with Gasteiger partial charge in [-0.05, 0) is 30.0 Å². The first-order chi connectivity index (χ1) is 18.8.